The van der Waals surface area contributed by atoms with Gasteiger partial charge in [-0.3, -0.25) is 4.55 Å². The molecule has 0 aromatic heterocycles. The van der Waals surface area contributed by atoms with Gasteiger partial charge in [-0.1, -0.05) is 70.7 Å². The fraction of sp³-hybridized carbons (Fsp3) is 0.0526. The fourth-order valence-corrected chi connectivity index (χ4v) is 5.24. The molecule has 3 aromatic carbocycles. The number of aromatic hydroxyl groups is 2. The third kappa shape index (κ3) is 3.65. The van der Waals surface area contributed by atoms with Crippen molar-refractivity contribution in [2.45, 2.75) is 4.75 Å². The molecule has 152 valence electrons. The lowest BCUT2D eigenvalue weighted by atomic mass is 9.83. The van der Waals surface area contributed by atoms with Gasteiger partial charge in [0.2, 0.25) is 0 Å². The molecule has 0 heterocycles. The van der Waals surface area contributed by atoms with Crippen LogP contribution in [0, 0.1) is 0 Å². The Morgan fingerprint density at radius 1 is 0.724 bits per heavy atom. The maximum Gasteiger partial charge on any atom is 0.283 e. The zero-order valence-electron chi connectivity index (χ0n) is 14.3. The fourth-order valence-electron chi connectivity index (χ4n) is 3.17. The Kier molecular flexibility index (Phi) is 5.98. The summed E-state index contributed by atoms with van der Waals surface area (Å²) in [7, 11) is -5.04. The molecule has 1 atom stereocenters. The molecular formula is C19H12Cl4O5S. The molecule has 3 rings (SSSR count). The van der Waals surface area contributed by atoms with Crippen LogP contribution in [0.1, 0.15) is 16.7 Å². The van der Waals surface area contributed by atoms with Gasteiger partial charge in [0.1, 0.15) is 16.5 Å². The molecule has 0 spiro atoms. The van der Waals surface area contributed by atoms with Gasteiger partial charge < -0.3 is 10.2 Å². The van der Waals surface area contributed by atoms with E-state index in [2.05, 4.69) is 0 Å². The number of phenols is 2. The summed E-state index contributed by atoms with van der Waals surface area (Å²) in [5.41, 5.74) is -0.279. The van der Waals surface area contributed by atoms with Crippen LogP contribution in [0.5, 0.6) is 11.5 Å². The van der Waals surface area contributed by atoms with Crippen LogP contribution < -0.4 is 0 Å². The molecule has 0 saturated carbocycles. The van der Waals surface area contributed by atoms with Crippen molar-refractivity contribution in [2.24, 2.45) is 0 Å². The van der Waals surface area contributed by atoms with Gasteiger partial charge in [0.05, 0.1) is 10.0 Å². The monoisotopic (exact) mass is 492 g/mol. The van der Waals surface area contributed by atoms with Crippen molar-refractivity contribution < 1.29 is 23.2 Å². The van der Waals surface area contributed by atoms with Crippen LogP contribution in [0.25, 0.3) is 0 Å². The van der Waals surface area contributed by atoms with Crippen LogP contribution in [0.15, 0.2) is 54.6 Å². The van der Waals surface area contributed by atoms with Crippen molar-refractivity contribution in [3.05, 3.63) is 91.4 Å². The van der Waals surface area contributed by atoms with Crippen molar-refractivity contribution in [3.8, 4) is 11.5 Å². The molecule has 10 heteroatoms. The van der Waals surface area contributed by atoms with E-state index < -0.39 is 26.4 Å². The highest BCUT2D eigenvalue weighted by Gasteiger charge is 2.50. The van der Waals surface area contributed by atoms with Gasteiger partial charge in [-0.05, 0) is 41.5 Å². The Balaban J connectivity index is 2.58. The zero-order chi connectivity index (χ0) is 21.6. The summed E-state index contributed by atoms with van der Waals surface area (Å²) in [6.45, 7) is 0. The normalized spacial score (nSPS) is 13.8. The van der Waals surface area contributed by atoms with Crippen LogP contribution in [0.3, 0.4) is 0 Å². The number of phenolic OH excluding ortho intramolecular Hbond substituents is 2. The predicted molar refractivity (Wildman–Crippen MR) is 114 cm³/mol. The van der Waals surface area contributed by atoms with E-state index in [1.165, 1.54) is 36.4 Å². The van der Waals surface area contributed by atoms with Crippen LogP contribution in [-0.4, -0.2) is 23.2 Å². The lowest BCUT2D eigenvalue weighted by Crippen LogP contribution is -2.38. The second-order valence-electron chi connectivity index (χ2n) is 6.09. The summed E-state index contributed by atoms with van der Waals surface area (Å²) in [5, 5.41) is 19.9. The van der Waals surface area contributed by atoms with Crippen molar-refractivity contribution >= 4 is 56.5 Å². The standard InChI is InChI=1S/C19H12Cl4O5S/c20-13-4-2-1-3-12(13)19(29(26,27)28,10-5-6-14(21)16(24)8-10)11-7-15(22)18(23)17(25)9-11/h1-9,24-25H,(H,26,27,28). The summed E-state index contributed by atoms with van der Waals surface area (Å²) < 4.78 is 34.0. The molecule has 3 aromatic rings. The average molecular weight is 494 g/mol. The molecule has 0 amide bonds. The van der Waals surface area contributed by atoms with Crippen molar-refractivity contribution in [1.29, 1.82) is 0 Å². The molecule has 0 radical (unpaired) electrons. The van der Waals surface area contributed by atoms with E-state index in [-0.39, 0.29) is 36.8 Å². The van der Waals surface area contributed by atoms with E-state index in [0.717, 1.165) is 12.1 Å². The van der Waals surface area contributed by atoms with E-state index >= 15 is 0 Å². The molecule has 3 N–H and O–H groups in total. The third-order valence-corrected chi connectivity index (χ3v) is 7.31. The van der Waals surface area contributed by atoms with Gasteiger partial charge in [0.25, 0.3) is 10.1 Å². The molecular weight excluding hydrogens is 482 g/mol. The van der Waals surface area contributed by atoms with Gasteiger partial charge in [-0.15, -0.1) is 0 Å². The Hall–Kier alpha value is -1.67. The summed E-state index contributed by atoms with van der Waals surface area (Å²) in [4.78, 5) is 0. The topological polar surface area (TPSA) is 94.8 Å². The van der Waals surface area contributed by atoms with Gasteiger partial charge in [0, 0.05) is 10.6 Å². The SMILES string of the molecule is O=S(=O)(O)C(c1ccc(Cl)c(O)c1)(c1cc(O)c(Cl)c(Cl)c1)c1ccccc1Cl. The van der Waals surface area contributed by atoms with Crippen LogP contribution in [-0.2, 0) is 14.9 Å². The van der Waals surface area contributed by atoms with Crippen molar-refractivity contribution in [2.75, 3.05) is 0 Å². The van der Waals surface area contributed by atoms with Crippen LogP contribution >= 0.6 is 46.4 Å². The molecule has 1 unspecified atom stereocenters. The molecule has 0 aliphatic carbocycles. The number of hydrogen-bond acceptors (Lipinski definition) is 4. The van der Waals surface area contributed by atoms with Gasteiger partial charge in [0.15, 0.2) is 4.75 Å². The largest absolute Gasteiger partial charge is 0.506 e. The quantitative estimate of drug-likeness (QED) is 0.311. The highest BCUT2D eigenvalue weighted by atomic mass is 35.5. The van der Waals surface area contributed by atoms with E-state index in [0.29, 0.717) is 0 Å². The molecule has 0 saturated heterocycles. The third-order valence-electron chi connectivity index (χ3n) is 4.41. The Labute approximate surface area is 186 Å². The number of benzene rings is 3. The minimum Gasteiger partial charge on any atom is -0.506 e. The number of hydrogen-bond donors (Lipinski definition) is 3. The van der Waals surface area contributed by atoms with Crippen LogP contribution in [0.4, 0.5) is 0 Å². The van der Waals surface area contributed by atoms with E-state index in [1.807, 2.05) is 0 Å². The smallest absolute Gasteiger partial charge is 0.283 e. The second-order valence-corrected chi connectivity index (χ2v) is 9.26. The van der Waals surface area contributed by atoms with E-state index in [9.17, 15) is 23.2 Å². The minimum atomic E-state index is -5.04. The lowest BCUT2D eigenvalue weighted by Gasteiger charge is -2.33. The zero-order valence-corrected chi connectivity index (χ0v) is 18.1. The Bertz CT molecular complexity index is 1190. The second kappa shape index (κ2) is 7.87. The van der Waals surface area contributed by atoms with Crippen molar-refractivity contribution in [3.63, 3.8) is 0 Å². The summed E-state index contributed by atoms with van der Waals surface area (Å²) in [6, 6.07) is 11.8. The highest BCUT2D eigenvalue weighted by Crippen LogP contribution is 2.49. The maximum atomic E-state index is 12.9. The maximum absolute atomic E-state index is 12.9. The first-order valence-electron chi connectivity index (χ1n) is 7.89. The first-order valence-corrected chi connectivity index (χ1v) is 10.8. The Morgan fingerprint density at radius 3 is 1.90 bits per heavy atom. The van der Waals surface area contributed by atoms with Gasteiger partial charge in [-0.2, -0.15) is 8.42 Å². The first-order chi connectivity index (χ1) is 13.5. The van der Waals surface area contributed by atoms with Crippen LogP contribution in [0.2, 0.25) is 20.1 Å². The molecule has 5 nitrogen and oxygen atoms in total. The molecule has 0 bridgehead atoms. The summed E-state index contributed by atoms with van der Waals surface area (Å²) in [5.74, 6) is -0.930. The average Bonchev–Trinajstić information content (AvgIpc) is 2.63. The predicted octanol–water partition coefficient (Wildman–Crippen LogP) is 5.89. The van der Waals surface area contributed by atoms with E-state index in [4.69, 9.17) is 46.4 Å². The minimum absolute atomic E-state index is 0.00475. The van der Waals surface area contributed by atoms with Gasteiger partial charge >= 0.3 is 0 Å². The highest BCUT2D eigenvalue weighted by molar-refractivity contribution is 7.87. The molecule has 0 aliphatic heterocycles. The first kappa shape index (κ1) is 22.0. The number of rotatable bonds is 4. The Morgan fingerprint density at radius 2 is 1.34 bits per heavy atom. The van der Waals surface area contributed by atoms with E-state index in [1.54, 1.807) is 6.07 Å². The lowest BCUT2D eigenvalue weighted by molar-refractivity contribution is 0.455. The molecule has 0 fully saturated rings. The molecule has 29 heavy (non-hydrogen) atoms. The van der Waals surface area contributed by atoms with Gasteiger partial charge in [-0.25, -0.2) is 0 Å². The van der Waals surface area contributed by atoms with Crippen molar-refractivity contribution in [1.82, 2.24) is 0 Å². The summed E-state index contributed by atoms with van der Waals surface area (Å²) >= 11 is 24.2. The molecule has 0 aliphatic rings. The summed E-state index contributed by atoms with van der Waals surface area (Å²) in [6.07, 6.45) is 0. The number of halogens is 4.